The van der Waals surface area contributed by atoms with Gasteiger partial charge in [0.05, 0.1) is 30.3 Å². The first-order chi connectivity index (χ1) is 14.1. The highest BCUT2D eigenvalue weighted by Gasteiger charge is 2.19. The zero-order chi connectivity index (χ0) is 20.2. The number of para-hydroxylation sites is 2. The van der Waals surface area contributed by atoms with Crippen LogP contribution in [0, 0.1) is 13.8 Å². The topological polar surface area (TPSA) is 47.3 Å². The lowest BCUT2D eigenvalue weighted by atomic mass is 9.97. The molecule has 1 aromatic heterocycles. The van der Waals surface area contributed by atoms with Crippen LogP contribution in [-0.4, -0.2) is 27.4 Å². The average molecular weight is 386 g/mol. The van der Waals surface area contributed by atoms with Crippen LogP contribution >= 0.6 is 0 Å². The molecule has 4 nitrogen and oxygen atoms in total. The predicted octanol–water partition coefficient (Wildman–Crippen LogP) is 4.82. The molecule has 148 valence electrons. The van der Waals surface area contributed by atoms with Gasteiger partial charge < -0.3 is 14.4 Å². The molecule has 0 aliphatic rings. The normalized spacial score (nSPS) is 13.5. The Morgan fingerprint density at radius 3 is 2.38 bits per heavy atom. The van der Waals surface area contributed by atoms with Gasteiger partial charge in [-0.3, -0.25) is 0 Å². The Kier molecular flexibility index (Phi) is 5.74. The van der Waals surface area contributed by atoms with Crippen molar-refractivity contribution in [1.82, 2.24) is 9.55 Å². The molecule has 0 aliphatic heterocycles. The van der Waals surface area contributed by atoms with E-state index < -0.39 is 6.10 Å². The molecule has 0 amide bonds. The summed E-state index contributed by atoms with van der Waals surface area (Å²) in [7, 11) is 0. The van der Waals surface area contributed by atoms with Crippen LogP contribution in [-0.2, 0) is 11.3 Å². The number of aliphatic hydroxyl groups excluding tert-OH is 1. The molecule has 0 bridgehead atoms. The van der Waals surface area contributed by atoms with Crippen molar-refractivity contribution in [1.29, 1.82) is 0 Å². The number of benzene rings is 3. The van der Waals surface area contributed by atoms with Gasteiger partial charge in [-0.15, -0.1) is 0 Å². The van der Waals surface area contributed by atoms with Crippen molar-refractivity contribution in [2.75, 3.05) is 6.61 Å². The van der Waals surface area contributed by atoms with E-state index >= 15 is 0 Å². The molecule has 4 aromatic rings. The SMILES string of the molecule is Cc1ccccc1[C@H](OC[C@H](O)Cn1c(C)nc2ccccc21)c1ccccc1. The first kappa shape index (κ1) is 19.4. The van der Waals surface area contributed by atoms with Gasteiger partial charge in [-0.25, -0.2) is 4.98 Å². The molecule has 0 fully saturated rings. The van der Waals surface area contributed by atoms with Gasteiger partial charge in [-0.2, -0.15) is 0 Å². The molecule has 1 heterocycles. The number of aromatic nitrogens is 2. The van der Waals surface area contributed by atoms with Crippen molar-refractivity contribution < 1.29 is 9.84 Å². The molecule has 0 radical (unpaired) electrons. The molecular formula is C25H26N2O2. The number of nitrogens with zero attached hydrogens (tertiary/aromatic N) is 2. The van der Waals surface area contributed by atoms with E-state index in [2.05, 4.69) is 40.7 Å². The molecule has 1 N–H and O–H groups in total. The Morgan fingerprint density at radius 2 is 1.59 bits per heavy atom. The van der Waals surface area contributed by atoms with Crippen LogP contribution in [0.3, 0.4) is 0 Å². The lowest BCUT2D eigenvalue weighted by molar-refractivity contribution is -0.000553. The van der Waals surface area contributed by atoms with Crippen LogP contribution in [0.2, 0.25) is 0 Å². The molecule has 0 aliphatic carbocycles. The summed E-state index contributed by atoms with van der Waals surface area (Å²) >= 11 is 0. The van der Waals surface area contributed by atoms with E-state index in [1.165, 1.54) is 5.56 Å². The fourth-order valence-electron chi connectivity index (χ4n) is 3.77. The van der Waals surface area contributed by atoms with Crippen molar-refractivity contribution >= 4 is 11.0 Å². The minimum absolute atomic E-state index is 0.215. The van der Waals surface area contributed by atoms with E-state index in [4.69, 9.17) is 4.74 Å². The fraction of sp³-hybridized carbons (Fsp3) is 0.240. The highest BCUT2D eigenvalue weighted by atomic mass is 16.5. The molecule has 3 aromatic carbocycles. The second-order valence-corrected chi connectivity index (χ2v) is 7.39. The molecule has 0 unspecified atom stereocenters. The third-order valence-electron chi connectivity index (χ3n) is 5.27. The molecule has 4 heteroatoms. The Labute approximate surface area is 171 Å². The van der Waals surface area contributed by atoms with Crippen LogP contribution in [0.1, 0.15) is 28.6 Å². The van der Waals surface area contributed by atoms with Crippen molar-refractivity contribution in [3.63, 3.8) is 0 Å². The summed E-state index contributed by atoms with van der Waals surface area (Å²) < 4.78 is 8.32. The molecule has 4 rings (SSSR count). The molecule has 0 saturated carbocycles. The minimum Gasteiger partial charge on any atom is -0.389 e. The largest absolute Gasteiger partial charge is 0.389 e. The Hall–Kier alpha value is -2.95. The van der Waals surface area contributed by atoms with E-state index in [0.717, 1.165) is 28.0 Å². The molecule has 2 atom stereocenters. The smallest absolute Gasteiger partial charge is 0.108 e. The first-order valence-electron chi connectivity index (χ1n) is 9.95. The van der Waals surface area contributed by atoms with Gasteiger partial charge in [-0.1, -0.05) is 66.7 Å². The van der Waals surface area contributed by atoms with Gasteiger partial charge in [0.2, 0.25) is 0 Å². The molecular weight excluding hydrogens is 360 g/mol. The van der Waals surface area contributed by atoms with Crippen LogP contribution < -0.4 is 0 Å². The monoisotopic (exact) mass is 386 g/mol. The number of imidazole rings is 1. The fourth-order valence-corrected chi connectivity index (χ4v) is 3.77. The van der Waals surface area contributed by atoms with E-state index in [-0.39, 0.29) is 12.7 Å². The highest BCUT2D eigenvalue weighted by Crippen LogP contribution is 2.28. The lowest BCUT2D eigenvalue weighted by Gasteiger charge is -2.23. The van der Waals surface area contributed by atoms with Crippen molar-refractivity contribution in [2.24, 2.45) is 0 Å². The van der Waals surface area contributed by atoms with E-state index in [0.29, 0.717) is 6.54 Å². The van der Waals surface area contributed by atoms with Gasteiger partial charge in [0.1, 0.15) is 11.9 Å². The maximum absolute atomic E-state index is 10.7. The summed E-state index contributed by atoms with van der Waals surface area (Å²) in [6.45, 7) is 4.74. The van der Waals surface area contributed by atoms with E-state index in [1.54, 1.807) is 0 Å². The van der Waals surface area contributed by atoms with Crippen LogP contribution in [0.5, 0.6) is 0 Å². The van der Waals surface area contributed by atoms with Gasteiger partial charge >= 0.3 is 0 Å². The predicted molar refractivity (Wildman–Crippen MR) is 116 cm³/mol. The van der Waals surface area contributed by atoms with Crippen LogP contribution in [0.15, 0.2) is 78.9 Å². The molecule has 0 saturated heterocycles. The summed E-state index contributed by atoms with van der Waals surface area (Å²) in [6, 6.07) is 26.4. The number of rotatable bonds is 7. The zero-order valence-corrected chi connectivity index (χ0v) is 16.8. The minimum atomic E-state index is -0.637. The van der Waals surface area contributed by atoms with Gasteiger partial charge in [0, 0.05) is 0 Å². The number of hydrogen-bond donors (Lipinski definition) is 1. The Balaban J connectivity index is 1.53. The van der Waals surface area contributed by atoms with E-state index in [1.807, 2.05) is 61.5 Å². The van der Waals surface area contributed by atoms with Gasteiger partial charge in [0.25, 0.3) is 0 Å². The number of fused-ring (bicyclic) bond motifs is 1. The van der Waals surface area contributed by atoms with Crippen LogP contribution in [0.4, 0.5) is 0 Å². The summed E-state index contributed by atoms with van der Waals surface area (Å²) in [5.41, 5.74) is 5.35. The Bertz CT molecular complexity index is 1090. The quantitative estimate of drug-likeness (QED) is 0.495. The van der Waals surface area contributed by atoms with Crippen LogP contribution in [0.25, 0.3) is 11.0 Å². The third kappa shape index (κ3) is 4.24. The lowest BCUT2D eigenvalue weighted by Crippen LogP contribution is -2.24. The summed E-state index contributed by atoms with van der Waals surface area (Å²) in [4.78, 5) is 4.58. The number of hydrogen-bond acceptors (Lipinski definition) is 3. The van der Waals surface area contributed by atoms with Crippen molar-refractivity contribution in [2.45, 2.75) is 32.6 Å². The molecule has 29 heavy (non-hydrogen) atoms. The summed E-state index contributed by atoms with van der Waals surface area (Å²) in [5.74, 6) is 0.892. The zero-order valence-electron chi connectivity index (χ0n) is 16.8. The maximum atomic E-state index is 10.7. The average Bonchev–Trinajstić information content (AvgIpc) is 3.05. The number of ether oxygens (including phenoxy) is 1. The Morgan fingerprint density at radius 1 is 0.897 bits per heavy atom. The summed E-state index contributed by atoms with van der Waals surface area (Å²) in [6.07, 6.45) is -0.853. The second-order valence-electron chi connectivity index (χ2n) is 7.39. The molecule has 0 spiro atoms. The maximum Gasteiger partial charge on any atom is 0.108 e. The number of aliphatic hydroxyl groups is 1. The van der Waals surface area contributed by atoms with Gasteiger partial charge in [0.15, 0.2) is 0 Å². The summed E-state index contributed by atoms with van der Waals surface area (Å²) in [5, 5.41) is 10.7. The second kappa shape index (κ2) is 8.60. The highest BCUT2D eigenvalue weighted by molar-refractivity contribution is 5.75. The van der Waals surface area contributed by atoms with Crippen molar-refractivity contribution in [3.05, 3.63) is 101 Å². The third-order valence-corrected chi connectivity index (χ3v) is 5.27. The van der Waals surface area contributed by atoms with E-state index in [9.17, 15) is 5.11 Å². The number of aryl methyl sites for hydroxylation is 2. The standard InChI is InChI=1S/C25H26N2O2/c1-18-10-6-7-13-22(18)25(20-11-4-3-5-12-20)29-17-21(28)16-27-19(2)26-23-14-8-9-15-24(23)27/h3-15,21,25,28H,16-17H2,1-2H3/t21-,25-/m1/s1. The van der Waals surface area contributed by atoms with Gasteiger partial charge in [-0.05, 0) is 42.7 Å². The van der Waals surface area contributed by atoms with Crippen molar-refractivity contribution in [3.8, 4) is 0 Å². The first-order valence-corrected chi connectivity index (χ1v) is 9.95.